The smallest absolute Gasteiger partial charge is 0.259 e. The molecule has 0 aliphatic heterocycles. The van der Waals surface area contributed by atoms with Gasteiger partial charge in [0.25, 0.3) is 5.91 Å². The highest BCUT2D eigenvalue weighted by molar-refractivity contribution is 9.09. The second-order valence-electron chi connectivity index (χ2n) is 4.36. The predicted molar refractivity (Wildman–Crippen MR) is 81.5 cm³/mol. The number of rotatable bonds is 3. The van der Waals surface area contributed by atoms with E-state index in [0.717, 1.165) is 11.6 Å². The van der Waals surface area contributed by atoms with Gasteiger partial charge in [-0.1, -0.05) is 34.1 Å². The third-order valence-electron chi connectivity index (χ3n) is 2.86. The Bertz CT molecular complexity index is 641. The highest BCUT2D eigenvalue weighted by Crippen LogP contribution is 2.30. The van der Waals surface area contributed by atoms with Gasteiger partial charge in [-0.3, -0.25) is 4.79 Å². The van der Waals surface area contributed by atoms with Gasteiger partial charge in [-0.05, 0) is 30.7 Å². The summed E-state index contributed by atoms with van der Waals surface area (Å²) in [5.74, 6) is -0.775. The number of aromatic hydroxyl groups is 2. The zero-order valence-corrected chi connectivity index (χ0v) is 12.4. The predicted octanol–water partition coefficient (Wildman–Crippen LogP) is 3.81. The fourth-order valence-electron chi connectivity index (χ4n) is 1.86. The van der Waals surface area contributed by atoms with Gasteiger partial charge in [0.1, 0.15) is 11.5 Å². The van der Waals surface area contributed by atoms with Gasteiger partial charge in [0.15, 0.2) is 0 Å². The van der Waals surface area contributed by atoms with Gasteiger partial charge in [-0.15, -0.1) is 0 Å². The number of phenols is 2. The molecule has 104 valence electrons. The van der Waals surface area contributed by atoms with Crippen molar-refractivity contribution in [2.45, 2.75) is 11.8 Å². The summed E-state index contributed by atoms with van der Waals surface area (Å²) in [6.07, 6.45) is 0. The van der Waals surface area contributed by atoms with E-state index in [1.807, 2.05) is 25.1 Å². The first-order valence-electron chi connectivity index (χ1n) is 6.05. The van der Waals surface area contributed by atoms with Crippen molar-refractivity contribution in [3.8, 4) is 11.5 Å². The molecule has 3 N–H and O–H groups in total. The average molecular weight is 336 g/mol. The van der Waals surface area contributed by atoms with Crippen molar-refractivity contribution < 1.29 is 15.0 Å². The summed E-state index contributed by atoms with van der Waals surface area (Å²) >= 11 is 3.47. The van der Waals surface area contributed by atoms with Crippen molar-refractivity contribution in [2.24, 2.45) is 0 Å². The number of para-hydroxylation sites is 1. The largest absolute Gasteiger partial charge is 0.508 e. The van der Waals surface area contributed by atoms with Crippen LogP contribution in [0.2, 0.25) is 0 Å². The minimum absolute atomic E-state index is 0.0893. The minimum atomic E-state index is -0.428. The maximum atomic E-state index is 12.2. The number of hydrogen-bond acceptors (Lipinski definition) is 3. The Morgan fingerprint density at radius 2 is 1.90 bits per heavy atom. The van der Waals surface area contributed by atoms with Gasteiger partial charge in [-0.25, -0.2) is 0 Å². The van der Waals surface area contributed by atoms with E-state index in [1.54, 1.807) is 6.07 Å². The molecule has 0 bridgehead atoms. The van der Waals surface area contributed by atoms with Crippen LogP contribution in [-0.4, -0.2) is 16.1 Å². The summed E-state index contributed by atoms with van der Waals surface area (Å²) in [6, 6.07) is 11.3. The Morgan fingerprint density at radius 3 is 2.55 bits per heavy atom. The van der Waals surface area contributed by atoms with E-state index in [2.05, 4.69) is 21.2 Å². The van der Waals surface area contributed by atoms with Crippen molar-refractivity contribution in [1.29, 1.82) is 0 Å². The number of anilines is 1. The van der Waals surface area contributed by atoms with Crippen LogP contribution in [0.3, 0.4) is 0 Å². The van der Waals surface area contributed by atoms with E-state index >= 15 is 0 Å². The van der Waals surface area contributed by atoms with Crippen molar-refractivity contribution >= 4 is 27.5 Å². The van der Waals surface area contributed by atoms with Gasteiger partial charge in [-0.2, -0.15) is 0 Å². The summed E-state index contributed by atoms with van der Waals surface area (Å²) < 4.78 is 0. The lowest BCUT2D eigenvalue weighted by molar-refractivity contribution is 0.102. The molecule has 5 heteroatoms. The molecule has 0 fully saturated rings. The van der Waals surface area contributed by atoms with E-state index in [0.29, 0.717) is 5.69 Å². The van der Waals surface area contributed by atoms with Crippen molar-refractivity contribution in [2.75, 3.05) is 5.32 Å². The van der Waals surface area contributed by atoms with Crippen LogP contribution < -0.4 is 5.32 Å². The summed E-state index contributed by atoms with van der Waals surface area (Å²) in [7, 11) is 0. The SMILES string of the molecule is CC(Br)c1ccccc1NC(=O)c1ccc(O)cc1O. The van der Waals surface area contributed by atoms with Crippen LogP contribution in [0.25, 0.3) is 0 Å². The number of phenolic OH excluding ortho intramolecular Hbond substituents is 2. The van der Waals surface area contributed by atoms with Crippen LogP contribution >= 0.6 is 15.9 Å². The number of carbonyl (C=O) groups excluding carboxylic acids is 1. The summed E-state index contributed by atoms with van der Waals surface area (Å²) in [4.78, 5) is 12.2. The van der Waals surface area contributed by atoms with Crippen LogP contribution in [0, 0.1) is 0 Å². The van der Waals surface area contributed by atoms with Crippen LogP contribution in [0.5, 0.6) is 11.5 Å². The molecular formula is C15H14BrNO3. The molecule has 0 radical (unpaired) electrons. The molecule has 4 nitrogen and oxygen atoms in total. The number of benzene rings is 2. The fourth-order valence-corrected chi connectivity index (χ4v) is 2.26. The molecule has 1 atom stereocenters. The zero-order chi connectivity index (χ0) is 14.7. The Morgan fingerprint density at radius 1 is 1.20 bits per heavy atom. The first kappa shape index (κ1) is 14.4. The second kappa shape index (κ2) is 5.96. The number of halogens is 1. The molecule has 0 saturated heterocycles. The molecule has 0 spiro atoms. The topological polar surface area (TPSA) is 69.6 Å². The van der Waals surface area contributed by atoms with E-state index in [1.165, 1.54) is 12.1 Å². The first-order valence-corrected chi connectivity index (χ1v) is 6.97. The van der Waals surface area contributed by atoms with Gasteiger partial charge < -0.3 is 15.5 Å². The van der Waals surface area contributed by atoms with Crippen LogP contribution in [0.1, 0.15) is 27.7 Å². The molecular weight excluding hydrogens is 322 g/mol. The first-order chi connectivity index (χ1) is 9.49. The molecule has 1 amide bonds. The number of nitrogens with one attached hydrogen (secondary N) is 1. The molecule has 0 saturated carbocycles. The molecule has 2 aromatic rings. The summed E-state index contributed by atoms with van der Waals surface area (Å²) in [6.45, 7) is 1.96. The normalized spacial score (nSPS) is 11.9. The molecule has 20 heavy (non-hydrogen) atoms. The van der Waals surface area contributed by atoms with Crippen LogP contribution in [-0.2, 0) is 0 Å². The monoisotopic (exact) mass is 335 g/mol. The number of hydrogen-bond donors (Lipinski definition) is 3. The highest BCUT2D eigenvalue weighted by atomic mass is 79.9. The Labute approximate surface area is 125 Å². The quantitative estimate of drug-likeness (QED) is 0.747. The summed E-state index contributed by atoms with van der Waals surface area (Å²) in [5.41, 5.74) is 1.73. The van der Waals surface area contributed by atoms with Crippen LogP contribution in [0.15, 0.2) is 42.5 Å². The molecule has 0 heterocycles. The number of alkyl halides is 1. The van der Waals surface area contributed by atoms with E-state index in [-0.39, 0.29) is 21.9 Å². The zero-order valence-electron chi connectivity index (χ0n) is 10.8. The van der Waals surface area contributed by atoms with E-state index < -0.39 is 5.91 Å². The maximum Gasteiger partial charge on any atom is 0.259 e. The van der Waals surface area contributed by atoms with E-state index in [9.17, 15) is 15.0 Å². The number of amides is 1. The lowest BCUT2D eigenvalue weighted by Crippen LogP contribution is -2.13. The summed E-state index contributed by atoms with van der Waals surface area (Å²) in [5, 5.41) is 21.7. The minimum Gasteiger partial charge on any atom is -0.508 e. The number of carbonyl (C=O) groups is 1. The Hall–Kier alpha value is -2.01. The van der Waals surface area contributed by atoms with Gasteiger partial charge in [0.05, 0.1) is 5.56 Å². The van der Waals surface area contributed by atoms with E-state index in [4.69, 9.17) is 0 Å². The molecule has 2 rings (SSSR count). The standard InChI is InChI=1S/C15H14BrNO3/c1-9(16)11-4-2-3-5-13(11)17-15(20)12-7-6-10(18)8-14(12)19/h2-9,18-19H,1H3,(H,17,20). The third kappa shape index (κ3) is 3.11. The fraction of sp³-hybridized carbons (Fsp3) is 0.133. The molecule has 0 aliphatic carbocycles. The Kier molecular flexibility index (Phi) is 4.29. The molecule has 1 unspecified atom stereocenters. The lowest BCUT2D eigenvalue weighted by Gasteiger charge is -2.13. The Balaban J connectivity index is 2.28. The van der Waals surface area contributed by atoms with Crippen molar-refractivity contribution in [3.05, 3.63) is 53.6 Å². The lowest BCUT2D eigenvalue weighted by atomic mass is 10.1. The maximum absolute atomic E-state index is 12.2. The molecule has 0 aliphatic rings. The van der Waals surface area contributed by atoms with Crippen molar-refractivity contribution in [3.63, 3.8) is 0 Å². The third-order valence-corrected chi connectivity index (χ3v) is 3.36. The van der Waals surface area contributed by atoms with Gasteiger partial charge >= 0.3 is 0 Å². The van der Waals surface area contributed by atoms with Crippen LogP contribution in [0.4, 0.5) is 5.69 Å². The molecule has 2 aromatic carbocycles. The van der Waals surface area contributed by atoms with Gasteiger partial charge in [0, 0.05) is 16.6 Å². The molecule has 0 aromatic heterocycles. The second-order valence-corrected chi connectivity index (χ2v) is 5.73. The van der Waals surface area contributed by atoms with Gasteiger partial charge in [0.2, 0.25) is 0 Å². The van der Waals surface area contributed by atoms with Crippen molar-refractivity contribution in [1.82, 2.24) is 0 Å². The average Bonchev–Trinajstić information content (AvgIpc) is 2.38. The highest BCUT2D eigenvalue weighted by Gasteiger charge is 2.14.